The van der Waals surface area contributed by atoms with E-state index in [0.29, 0.717) is 0 Å². The van der Waals surface area contributed by atoms with Gasteiger partial charge >= 0.3 is 0 Å². The standard InChI is InChI=1S/2C5H8O2.Co.H2O/c2*1-4(6)3-5(2)7;;/h2*3,6H,1-2H3;;1H2/b2*4-3-;;. The number of allylic oxidation sites excluding steroid dienone is 4. The van der Waals surface area contributed by atoms with E-state index in [4.69, 9.17) is 10.2 Å². The Bertz CT molecular complexity index is 232. The van der Waals surface area contributed by atoms with E-state index in [0.717, 1.165) is 0 Å². The SMILES string of the molecule is CC(=O)/C=C(/C)O.CC(=O)/C=C(/C)O.O.[Co]. The van der Waals surface area contributed by atoms with Crippen LogP contribution in [0.1, 0.15) is 27.7 Å². The Balaban J connectivity index is -0.0000000800. The first kappa shape index (κ1) is 24.2. The summed E-state index contributed by atoms with van der Waals surface area (Å²) in [6.07, 6.45) is 2.33. The second kappa shape index (κ2) is 13.9. The van der Waals surface area contributed by atoms with Crippen molar-refractivity contribution in [2.45, 2.75) is 27.7 Å². The number of aliphatic hydroxyl groups excluding tert-OH is 2. The van der Waals surface area contributed by atoms with E-state index in [-0.39, 0.29) is 45.3 Å². The summed E-state index contributed by atoms with van der Waals surface area (Å²) in [7, 11) is 0. The van der Waals surface area contributed by atoms with E-state index in [2.05, 4.69) is 0 Å². The van der Waals surface area contributed by atoms with Crippen LogP contribution in [0.25, 0.3) is 0 Å². The van der Waals surface area contributed by atoms with E-state index >= 15 is 0 Å². The monoisotopic (exact) mass is 277 g/mol. The van der Waals surface area contributed by atoms with Gasteiger partial charge in [-0.1, -0.05) is 0 Å². The molecule has 0 bridgehead atoms. The normalized spacial score (nSPS) is 10.0. The molecule has 0 aliphatic rings. The third-order valence-corrected chi connectivity index (χ3v) is 0.824. The molecule has 0 aromatic rings. The van der Waals surface area contributed by atoms with E-state index < -0.39 is 0 Å². The molecule has 4 N–H and O–H groups in total. The topological polar surface area (TPSA) is 106 Å². The first-order valence-electron chi connectivity index (χ1n) is 4.01. The zero-order chi connectivity index (χ0) is 11.7. The van der Waals surface area contributed by atoms with Gasteiger partial charge in [0.05, 0.1) is 11.5 Å². The van der Waals surface area contributed by atoms with Crippen molar-refractivity contribution in [2.75, 3.05) is 0 Å². The molecule has 0 aromatic carbocycles. The molecule has 16 heavy (non-hydrogen) atoms. The van der Waals surface area contributed by atoms with Crippen molar-refractivity contribution in [1.82, 2.24) is 0 Å². The predicted octanol–water partition coefficient (Wildman–Crippen LogP) is 1.25. The number of aliphatic hydroxyl groups is 2. The van der Waals surface area contributed by atoms with Crippen LogP contribution in [-0.2, 0) is 26.4 Å². The number of hydrogen-bond acceptors (Lipinski definition) is 4. The Hall–Kier alpha value is -1.11. The second-order valence-electron chi connectivity index (χ2n) is 2.79. The van der Waals surface area contributed by atoms with E-state index in [9.17, 15) is 9.59 Å². The molecule has 0 aliphatic heterocycles. The van der Waals surface area contributed by atoms with Gasteiger partial charge in [-0.15, -0.1) is 0 Å². The molecule has 0 amide bonds. The van der Waals surface area contributed by atoms with Crippen molar-refractivity contribution < 1.29 is 42.1 Å². The third kappa shape index (κ3) is 38.4. The second-order valence-corrected chi connectivity index (χ2v) is 2.79. The molecule has 0 aromatic heterocycles. The van der Waals surface area contributed by atoms with Gasteiger partial charge in [-0.25, -0.2) is 0 Å². The van der Waals surface area contributed by atoms with Crippen molar-refractivity contribution in [1.29, 1.82) is 0 Å². The molecule has 0 unspecified atom stereocenters. The maximum Gasteiger partial charge on any atom is 0.155 e. The van der Waals surface area contributed by atoms with E-state index in [1.54, 1.807) is 0 Å². The molecule has 6 heteroatoms. The number of ketones is 2. The van der Waals surface area contributed by atoms with E-state index in [1.165, 1.54) is 39.8 Å². The molecule has 0 spiro atoms. The van der Waals surface area contributed by atoms with Gasteiger partial charge in [0.15, 0.2) is 11.6 Å². The molecule has 0 saturated carbocycles. The number of hydrogen-bond donors (Lipinski definition) is 2. The van der Waals surface area contributed by atoms with Crippen LogP contribution in [0.4, 0.5) is 0 Å². The van der Waals surface area contributed by atoms with Crippen molar-refractivity contribution >= 4 is 11.6 Å². The van der Waals surface area contributed by atoms with Gasteiger partial charge in [0.25, 0.3) is 0 Å². The molecule has 0 atom stereocenters. The van der Waals surface area contributed by atoms with Crippen LogP contribution in [0.15, 0.2) is 23.7 Å². The largest absolute Gasteiger partial charge is 0.512 e. The molecular weight excluding hydrogens is 259 g/mol. The minimum Gasteiger partial charge on any atom is -0.512 e. The average Bonchev–Trinajstić information content (AvgIpc) is 1.79. The maximum absolute atomic E-state index is 10.0. The molecule has 5 nitrogen and oxygen atoms in total. The average molecular weight is 277 g/mol. The summed E-state index contributed by atoms with van der Waals surface area (Å²) in [6.45, 7) is 5.70. The fraction of sp³-hybridized carbons (Fsp3) is 0.400. The number of rotatable bonds is 2. The number of carbonyl (C=O) groups is 2. The molecule has 0 fully saturated rings. The van der Waals surface area contributed by atoms with Gasteiger partial charge < -0.3 is 15.7 Å². The molecule has 0 aliphatic carbocycles. The van der Waals surface area contributed by atoms with Gasteiger partial charge in [0.2, 0.25) is 0 Å². The quantitative estimate of drug-likeness (QED) is 0.585. The van der Waals surface area contributed by atoms with Gasteiger partial charge in [-0.05, 0) is 27.7 Å². The smallest absolute Gasteiger partial charge is 0.155 e. The van der Waals surface area contributed by atoms with Gasteiger partial charge in [-0.2, -0.15) is 0 Å². The van der Waals surface area contributed by atoms with Crippen LogP contribution < -0.4 is 0 Å². The summed E-state index contributed by atoms with van der Waals surface area (Å²) in [5.74, 6) is -0.125. The van der Waals surface area contributed by atoms with Crippen molar-refractivity contribution in [3.63, 3.8) is 0 Å². The Morgan fingerprint density at radius 3 is 1.00 bits per heavy atom. The Morgan fingerprint density at radius 2 is 1.00 bits per heavy atom. The molecule has 97 valence electrons. The first-order valence-corrected chi connectivity index (χ1v) is 4.01. The van der Waals surface area contributed by atoms with Crippen LogP contribution in [0.5, 0.6) is 0 Å². The summed E-state index contributed by atoms with van der Waals surface area (Å²) in [6, 6.07) is 0. The molecule has 0 saturated heterocycles. The zero-order valence-electron chi connectivity index (χ0n) is 9.70. The summed E-state index contributed by atoms with van der Waals surface area (Å²) in [4.78, 5) is 20.0. The molecule has 1 radical (unpaired) electrons. The van der Waals surface area contributed by atoms with Gasteiger partial charge in [0.1, 0.15) is 0 Å². The fourth-order valence-electron chi connectivity index (χ4n) is 0.588. The van der Waals surface area contributed by atoms with Crippen LogP contribution >= 0.6 is 0 Å². The molecule has 0 heterocycles. The maximum atomic E-state index is 10.0. The Morgan fingerprint density at radius 1 is 0.812 bits per heavy atom. The van der Waals surface area contributed by atoms with E-state index in [1.807, 2.05) is 0 Å². The van der Waals surface area contributed by atoms with Crippen LogP contribution in [-0.4, -0.2) is 27.3 Å². The Labute approximate surface area is 105 Å². The first-order chi connectivity index (χ1) is 6.25. The summed E-state index contributed by atoms with van der Waals surface area (Å²) in [5, 5.41) is 16.7. The molecular formula is C10H18CoO5. The summed E-state index contributed by atoms with van der Waals surface area (Å²) >= 11 is 0. The zero-order valence-corrected chi connectivity index (χ0v) is 10.7. The minimum atomic E-state index is -0.125. The number of carbonyl (C=O) groups excluding carboxylic acids is 2. The van der Waals surface area contributed by atoms with Crippen molar-refractivity contribution in [2.24, 2.45) is 0 Å². The summed E-state index contributed by atoms with van der Waals surface area (Å²) in [5.41, 5.74) is 0. The predicted molar refractivity (Wildman–Crippen MR) is 57.7 cm³/mol. The minimum absolute atomic E-state index is 0. The summed E-state index contributed by atoms with van der Waals surface area (Å²) < 4.78 is 0. The van der Waals surface area contributed by atoms with Crippen LogP contribution in [0.2, 0.25) is 0 Å². The fourth-order valence-corrected chi connectivity index (χ4v) is 0.588. The van der Waals surface area contributed by atoms with Gasteiger partial charge in [0, 0.05) is 28.9 Å². The molecule has 0 rings (SSSR count). The van der Waals surface area contributed by atoms with Crippen LogP contribution in [0, 0.1) is 0 Å². The van der Waals surface area contributed by atoms with Crippen LogP contribution in [0.3, 0.4) is 0 Å². The third-order valence-electron chi connectivity index (χ3n) is 0.824. The van der Waals surface area contributed by atoms with Crippen molar-refractivity contribution in [3.8, 4) is 0 Å². The Kier molecular flexibility index (Phi) is 21.0. The van der Waals surface area contributed by atoms with Gasteiger partial charge in [-0.3, -0.25) is 9.59 Å². The van der Waals surface area contributed by atoms with Crippen molar-refractivity contribution in [3.05, 3.63) is 23.7 Å².